The van der Waals surface area contributed by atoms with E-state index in [0.717, 1.165) is 17.7 Å². The van der Waals surface area contributed by atoms with Gasteiger partial charge in [0.2, 0.25) is 0 Å². The first-order valence-corrected chi connectivity index (χ1v) is 36.9. The van der Waals surface area contributed by atoms with Gasteiger partial charge < -0.3 is 118 Å². The van der Waals surface area contributed by atoms with Gasteiger partial charge >= 0.3 is 10.8 Å². The molecule has 3 N–H and O–H groups in total. The Morgan fingerprint density at radius 2 is 0.515 bits per heavy atom. The van der Waals surface area contributed by atoms with E-state index in [0.29, 0.717) is 317 Å². The van der Waals surface area contributed by atoms with Crippen LogP contribution in [0, 0.1) is 0 Å². The van der Waals surface area contributed by atoms with Crippen molar-refractivity contribution in [1.29, 1.82) is 0 Å². The van der Waals surface area contributed by atoms with Gasteiger partial charge in [0.1, 0.15) is 23.5 Å². The normalized spacial score (nSPS) is 12.5. The van der Waals surface area contributed by atoms with E-state index in [4.69, 9.17) is 118 Å². The van der Waals surface area contributed by atoms with Crippen LogP contribution in [0.5, 0.6) is 5.75 Å². The van der Waals surface area contributed by atoms with Crippen molar-refractivity contribution in [2.75, 3.05) is 330 Å². The second-order valence-electron chi connectivity index (χ2n) is 21.1. The zero-order chi connectivity index (χ0) is 70.9. The van der Waals surface area contributed by atoms with Crippen molar-refractivity contribution in [3.8, 4) is 5.75 Å². The van der Waals surface area contributed by atoms with Crippen molar-refractivity contribution >= 4 is 16.9 Å². The zero-order valence-corrected chi connectivity index (χ0v) is 61.2. The molecular weight excluding hydrogens is 1330 g/mol. The summed E-state index contributed by atoms with van der Waals surface area (Å²) in [5.41, 5.74) is 2.49. The quantitative estimate of drug-likeness (QED) is 0.0527. The maximum absolute atomic E-state index is 10.9. The van der Waals surface area contributed by atoms with Gasteiger partial charge in [0.25, 0.3) is 0 Å². The lowest BCUT2D eigenvalue weighted by Crippen LogP contribution is -2.53. The largest absolute Gasteiger partial charge is 0.597 e. The van der Waals surface area contributed by atoms with E-state index in [1.165, 1.54) is 50.5 Å². The Hall–Kier alpha value is -2.21. The number of ether oxygens (including phenoxy) is 25. The van der Waals surface area contributed by atoms with Crippen LogP contribution in [-0.4, -0.2) is 330 Å². The average molecular weight is 1460 g/mol. The molecule has 0 aromatic heterocycles. The average Bonchev–Trinajstić information content (AvgIpc) is 0.978. The highest BCUT2D eigenvalue weighted by Crippen LogP contribution is 2.23. The molecule has 1 atom stereocenters. The summed E-state index contributed by atoms with van der Waals surface area (Å²) in [6, 6.07) is 6.53. The summed E-state index contributed by atoms with van der Waals surface area (Å²) in [5.74, 6) is 3.67. The summed E-state index contributed by atoms with van der Waals surface area (Å²) in [7, 11) is -4.05. The third kappa shape index (κ3) is 75.3. The van der Waals surface area contributed by atoms with Crippen molar-refractivity contribution in [2.24, 2.45) is 0 Å². The highest BCUT2D eigenvalue weighted by Gasteiger charge is 2.35. The fraction of sp³-hybridized carbons (Fsp3) is 0.882. The Balaban J connectivity index is 1.64. The Morgan fingerprint density at radius 3 is 0.737 bits per heavy atom. The van der Waals surface area contributed by atoms with Gasteiger partial charge in [-0.2, -0.15) is 5.90 Å². The topological polar surface area (TPSA) is 314 Å². The smallest absolute Gasteiger partial charge is 0.491 e. The summed E-state index contributed by atoms with van der Waals surface area (Å²) in [6.45, 7) is 26.7. The van der Waals surface area contributed by atoms with Crippen LogP contribution >= 0.6 is 0 Å². The Kier molecular flexibility index (Phi) is 78.0. The molecule has 31 heteroatoms. The van der Waals surface area contributed by atoms with E-state index in [1.54, 1.807) is 0 Å². The monoisotopic (exact) mass is 1460 g/mol. The summed E-state index contributed by atoms with van der Waals surface area (Å²) in [6.07, 6.45) is 14.5. The SMILES string of the molecule is C/C=C/c1cc(CCCCCCCCC)ccc1OCCOCCOCCOCCOCCOCCOCCOCCOCCOCCOCCOCCOCCOCCOCCOCCOCCOCCOCCOCCOCCOCCOCCOCCOCCO[S+]([O])(=O)O[NH3+]. The van der Waals surface area contributed by atoms with Crippen LogP contribution in [-0.2, 0) is 148 Å². The van der Waals surface area contributed by atoms with Crippen LogP contribution < -0.4 is 10.6 Å². The van der Waals surface area contributed by atoms with Crippen molar-refractivity contribution in [3.05, 3.63) is 35.4 Å². The van der Waals surface area contributed by atoms with Crippen molar-refractivity contribution in [3.63, 3.8) is 0 Å². The van der Waals surface area contributed by atoms with Gasteiger partial charge in [0.05, 0.1) is 321 Å². The van der Waals surface area contributed by atoms with Crippen LogP contribution in [0.2, 0.25) is 0 Å². The lowest BCUT2D eigenvalue weighted by atomic mass is 10.0. The molecule has 585 valence electrons. The van der Waals surface area contributed by atoms with Crippen LogP contribution in [0.4, 0.5) is 0 Å². The van der Waals surface area contributed by atoms with Crippen molar-refractivity contribution in [2.45, 2.75) is 65.2 Å². The molecule has 1 aromatic carbocycles. The fourth-order valence-electron chi connectivity index (χ4n) is 8.08. The molecule has 99 heavy (non-hydrogen) atoms. The fourth-order valence-corrected chi connectivity index (χ4v) is 8.42. The van der Waals surface area contributed by atoms with E-state index in [9.17, 15) is 8.76 Å². The predicted octanol–water partition coefficient (Wildman–Crippen LogP) is 4.66. The molecule has 0 heterocycles. The first-order chi connectivity index (χ1) is 49.0. The van der Waals surface area contributed by atoms with Gasteiger partial charge in [-0.15, -0.1) is 4.18 Å². The summed E-state index contributed by atoms with van der Waals surface area (Å²) < 4.78 is 169. The second-order valence-corrected chi connectivity index (χ2v) is 22.4. The molecule has 1 rings (SSSR count). The highest BCUT2D eigenvalue weighted by molar-refractivity contribution is 7.88. The predicted molar refractivity (Wildman–Crippen MR) is 367 cm³/mol. The molecule has 0 spiro atoms. The number of rotatable bonds is 87. The Morgan fingerprint density at radius 1 is 0.303 bits per heavy atom. The Bertz CT molecular complexity index is 1810. The molecule has 0 aliphatic rings. The van der Waals surface area contributed by atoms with Crippen LogP contribution in [0.15, 0.2) is 24.3 Å². The number of hydrogen-bond donors (Lipinski definition) is 1. The van der Waals surface area contributed by atoms with E-state index < -0.39 is 10.8 Å². The first kappa shape index (κ1) is 94.8. The number of quaternary nitrogens is 1. The van der Waals surface area contributed by atoms with E-state index in [-0.39, 0.29) is 13.2 Å². The van der Waals surface area contributed by atoms with Gasteiger partial charge in [-0.25, -0.2) is 0 Å². The lowest BCUT2D eigenvalue weighted by molar-refractivity contribution is -0.640. The molecule has 0 aliphatic heterocycles. The molecule has 1 aromatic rings. The van der Waals surface area contributed by atoms with Gasteiger partial charge in [-0.3, -0.25) is 0 Å². The highest BCUT2D eigenvalue weighted by atomic mass is 32.3. The summed E-state index contributed by atoms with van der Waals surface area (Å²) in [4.78, 5) is 0. The summed E-state index contributed by atoms with van der Waals surface area (Å²) >= 11 is 0. The molecule has 1 radical (unpaired) electrons. The maximum Gasteiger partial charge on any atom is 0.597 e. The van der Waals surface area contributed by atoms with E-state index in [2.05, 4.69) is 51.6 Å². The van der Waals surface area contributed by atoms with E-state index >= 15 is 0 Å². The number of allylic oxidation sites excluding steroid dienone is 1. The van der Waals surface area contributed by atoms with Crippen molar-refractivity contribution in [1.82, 2.24) is 0 Å². The lowest BCUT2D eigenvalue weighted by Gasteiger charge is -2.12. The molecule has 0 amide bonds. The number of hydrogen-bond acceptors (Lipinski definition) is 28. The molecule has 30 nitrogen and oxygen atoms in total. The number of benzene rings is 1. The van der Waals surface area contributed by atoms with Crippen molar-refractivity contribution < 1.29 is 142 Å². The minimum atomic E-state index is -4.05. The second kappa shape index (κ2) is 81.5. The standard InChI is InChI=1S/C68H130NO29S/c1-3-5-6-7-8-9-10-12-66-13-14-68(67(65-66)11-4-2)96-63-61-94-59-57-92-55-53-90-51-49-88-47-45-86-43-41-84-39-37-82-35-33-80-31-29-78-27-25-76-23-21-74-19-17-72-15-16-73-18-20-75-22-24-77-26-28-79-30-32-81-34-36-83-38-40-85-42-44-87-46-48-89-50-52-91-54-56-93-58-60-95-62-64-97-99(70,71)98-69/h4,11,13-14,65H,3,5-10,12,15-64H2,1-2,69H3/q+2/b11-4+. The molecule has 0 bridgehead atoms. The molecule has 0 aliphatic carbocycles. The molecule has 0 saturated carbocycles. The third-order valence-corrected chi connectivity index (χ3v) is 13.9. The van der Waals surface area contributed by atoms with E-state index in [1.807, 2.05) is 6.92 Å². The molecule has 0 fully saturated rings. The van der Waals surface area contributed by atoms with Gasteiger partial charge in [0, 0.05) is 9.77 Å². The molecular formula is C68H130NO29S+2. The van der Waals surface area contributed by atoms with Crippen LogP contribution in [0.1, 0.15) is 69.9 Å². The maximum atomic E-state index is 10.9. The van der Waals surface area contributed by atoms with Gasteiger partial charge in [0.15, 0.2) is 0 Å². The Labute approximate surface area is 592 Å². The van der Waals surface area contributed by atoms with Crippen LogP contribution in [0.25, 0.3) is 6.08 Å². The van der Waals surface area contributed by atoms with Gasteiger partial charge in [-0.05, 0) is 37.5 Å². The first-order valence-electron chi connectivity index (χ1n) is 35.6. The zero-order valence-electron chi connectivity index (χ0n) is 60.4. The molecule has 0 saturated heterocycles. The summed E-state index contributed by atoms with van der Waals surface area (Å²) in [5, 5.41) is 0. The number of unbranched alkanes of at least 4 members (excludes halogenated alkanes) is 6. The minimum Gasteiger partial charge on any atom is -0.491 e. The minimum absolute atomic E-state index is 0.0799. The molecule has 1 unspecified atom stereocenters. The third-order valence-electron chi connectivity index (χ3n) is 13.1. The number of aryl methyl sites for hydroxylation is 1. The van der Waals surface area contributed by atoms with Gasteiger partial charge in [-0.1, -0.05) is 63.7 Å². The van der Waals surface area contributed by atoms with Crippen LogP contribution in [0.3, 0.4) is 0 Å².